The number of anilines is 2. The standard InChI is InChI=1S/C31H45Cl2N5/c1-10-26(20-27(33)17-18-32)29(11-2)35-24(7)14-13-19-38(9)31(22(4)5)37-25(8)36-28-16-15-23(6)30(21-28)34-12-3/h13,15-17,19-21,29,34-36H,4,7-8,10-12,14,18H2,1-3,5-6,9H3/b19-13-,26-20+,27-17+,37-31?. The third-order valence-electron chi connectivity index (χ3n) is 5.78. The van der Waals surface area contributed by atoms with E-state index in [1.165, 1.54) is 11.1 Å². The van der Waals surface area contributed by atoms with Gasteiger partial charge >= 0.3 is 0 Å². The summed E-state index contributed by atoms with van der Waals surface area (Å²) >= 11 is 12.0. The maximum Gasteiger partial charge on any atom is 0.136 e. The number of likely N-dealkylation sites (N-methyl/N-ethyl adjacent to an activating group) is 1. The van der Waals surface area contributed by atoms with Gasteiger partial charge in [0.05, 0.1) is 0 Å². The molecule has 1 aromatic rings. The first-order valence-corrected chi connectivity index (χ1v) is 14.0. The average Bonchev–Trinajstić information content (AvgIpc) is 2.86. The highest BCUT2D eigenvalue weighted by Crippen LogP contribution is 2.22. The number of allylic oxidation sites excluding steroid dienone is 4. The predicted octanol–water partition coefficient (Wildman–Crippen LogP) is 8.70. The van der Waals surface area contributed by atoms with E-state index in [0.717, 1.165) is 47.9 Å². The number of halogens is 2. The summed E-state index contributed by atoms with van der Waals surface area (Å²) in [5, 5.41) is 10.9. The molecule has 1 unspecified atom stereocenters. The van der Waals surface area contributed by atoms with Gasteiger partial charge in [-0.15, -0.1) is 11.6 Å². The number of alkyl halides is 1. The van der Waals surface area contributed by atoms with Gasteiger partial charge in [0, 0.05) is 60.2 Å². The van der Waals surface area contributed by atoms with Gasteiger partial charge in [0.2, 0.25) is 0 Å². The van der Waals surface area contributed by atoms with Crippen molar-refractivity contribution >= 4 is 40.4 Å². The van der Waals surface area contributed by atoms with E-state index in [1.807, 2.05) is 37.2 Å². The number of amidine groups is 1. The van der Waals surface area contributed by atoms with Gasteiger partial charge in [0.15, 0.2) is 0 Å². The van der Waals surface area contributed by atoms with E-state index in [-0.39, 0.29) is 6.04 Å². The Morgan fingerprint density at radius 2 is 1.89 bits per heavy atom. The molecule has 1 rings (SSSR count). The lowest BCUT2D eigenvalue weighted by Crippen LogP contribution is -2.29. The second-order valence-corrected chi connectivity index (χ2v) is 9.82. The monoisotopic (exact) mass is 557 g/mol. The third kappa shape index (κ3) is 11.7. The molecule has 0 spiro atoms. The van der Waals surface area contributed by atoms with Crippen LogP contribution in [-0.2, 0) is 0 Å². The van der Waals surface area contributed by atoms with Gasteiger partial charge in [0.1, 0.15) is 11.7 Å². The van der Waals surface area contributed by atoms with Crippen LogP contribution in [0.4, 0.5) is 11.4 Å². The molecule has 0 amide bonds. The van der Waals surface area contributed by atoms with Gasteiger partial charge in [-0.05, 0) is 68.5 Å². The Bertz CT molecular complexity index is 1080. The zero-order chi connectivity index (χ0) is 28.7. The van der Waals surface area contributed by atoms with Crippen LogP contribution >= 0.6 is 23.2 Å². The number of nitrogens with zero attached hydrogens (tertiary/aromatic N) is 2. The molecular formula is C31H45Cl2N5. The van der Waals surface area contributed by atoms with Crippen molar-refractivity contribution in [3.8, 4) is 0 Å². The highest BCUT2D eigenvalue weighted by atomic mass is 35.5. The maximum atomic E-state index is 6.27. The Balaban J connectivity index is 2.86. The van der Waals surface area contributed by atoms with Gasteiger partial charge in [-0.1, -0.05) is 63.4 Å². The quantitative estimate of drug-likeness (QED) is 0.0822. The summed E-state index contributed by atoms with van der Waals surface area (Å²) < 4.78 is 0. The molecule has 208 valence electrons. The lowest BCUT2D eigenvalue weighted by atomic mass is 10.0. The van der Waals surface area contributed by atoms with Gasteiger partial charge < -0.3 is 20.9 Å². The maximum absolute atomic E-state index is 6.27. The van der Waals surface area contributed by atoms with Gasteiger partial charge in [-0.25, -0.2) is 4.99 Å². The van der Waals surface area contributed by atoms with E-state index in [4.69, 9.17) is 28.2 Å². The molecule has 38 heavy (non-hydrogen) atoms. The number of hydrogen-bond donors (Lipinski definition) is 3. The van der Waals surface area contributed by atoms with Gasteiger partial charge in [0.25, 0.3) is 0 Å². The van der Waals surface area contributed by atoms with Crippen molar-refractivity contribution in [1.82, 2.24) is 10.2 Å². The second-order valence-electron chi connectivity index (χ2n) is 9.07. The van der Waals surface area contributed by atoms with Gasteiger partial charge in [-0.3, -0.25) is 0 Å². The molecule has 0 heterocycles. The van der Waals surface area contributed by atoms with Crippen LogP contribution in [0.15, 0.2) is 95.1 Å². The molecule has 1 atom stereocenters. The van der Waals surface area contributed by atoms with Crippen molar-refractivity contribution in [2.75, 3.05) is 30.1 Å². The SMILES string of the molecule is C=C(C/C=C\N(C)C(=NC(=C)Nc1ccc(C)c(NCC)c1)C(=C)C)NC(CC)/C(=C/C(Cl)=C\CCl)CC. The summed E-state index contributed by atoms with van der Waals surface area (Å²) in [6.07, 6.45) is 10.3. The van der Waals surface area contributed by atoms with E-state index in [1.54, 1.807) is 6.08 Å². The molecule has 0 radical (unpaired) electrons. The van der Waals surface area contributed by atoms with Crippen molar-refractivity contribution < 1.29 is 0 Å². The Morgan fingerprint density at radius 3 is 2.47 bits per heavy atom. The van der Waals surface area contributed by atoms with Crippen LogP contribution in [0.1, 0.15) is 52.5 Å². The number of aliphatic imine (C=N–C) groups is 1. The molecule has 0 bridgehead atoms. The number of aryl methyl sites for hydroxylation is 1. The molecular weight excluding hydrogens is 513 g/mol. The highest BCUT2D eigenvalue weighted by Gasteiger charge is 2.12. The van der Waals surface area contributed by atoms with Crippen LogP contribution in [0, 0.1) is 6.92 Å². The highest BCUT2D eigenvalue weighted by molar-refractivity contribution is 6.32. The molecule has 0 aliphatic heterocycles. The largest absolute Gasteiger partial charge is 0.385 e. The van der Waals surface area contributed by atoms with Crippen molar-refractivity contribution in [1.29, 1.82) is 0 Å². The smallest absolute Gasteiger partial charge is 0.136 e. The minimum absolute atomic E-state index is 0.160. The number of benzene rings is 1. The molecule has 0 saturated heterocycles. The summed E-state index contributed by atoms with van der Waals surface area (Å²) in [5.74, 6) is 1.65. The summed E-state index contributed by atoms with van der Waals surface area (Å²) in [6.45, 7) is 23.6. The lowest BCUT2D eigenvalue weighted by Gasteiger charge is -2.22. The van der Waals surface area contributed by atoms with Crippen LogP contribution in [0.25, 0.3) is 0 Å². The van der Waals surface area contributed by atoms with Crippen molar-refractivity contribution in [3.63, 3.8) is 0 Å². The molecule has 5 nitrogen and oxygen atoms in total. The van der Waals surface area contributed by atoms with Crippen LogP contribution in [0.3, 0.4) is 0 Å². The summed E-state index contributed by atoms with van der Waals surface area (Å²) in [4.78, 5) is 6.64. The fourth-order valence-corrected chi connectivity index (χ4v) is 4.29. The van der Waals surface area contributed by atoms with Crippen LogP contribution in [-0.4, -0.2) is 36.2 Å². The van der Waals surface area contributed by atoms with Crippen molar-refractivity contribution in [2.45, 2.75) is 59.9 Å². The molecule has 0 aliphatic rings. The Morgan fingerprint density at radius 1 is 1.18 bits per heavy atom. The molecule has 0 fully saturated rings. The van der Waals surface area contributed by atoms with Crippen LogP contribution < -0.4 is 16.0 Å². The summed E-state index contributed by atoms with van der Waals surface area (Å²) in [5.41, 5.74) is 6.18. The molecule has 7 heteroatoms. The molecule has 1 aromatic carbocycles. The zero-order valence-corrected chi connectivity index (χ0v) is 25.4. The van der Waals surface area contributed by atoms with E-state index in [9.17, 15) is 0 Å². The average molecular weight is 559 g/mol. The summed E-state index contributed by atoms with van der Waals surface area (Å²) in [7, 11) is 1.95. The predicted molar refractivity (Wildman–Crippen MR) is 171 cm³/mol. The number of hydrogen-bond acceptors (Lipinski definition) is 4. The Kier molecular flexibility index (Phi) is 15.3. The normalized spacial score (nSPS) is 13.3. The lowest BCUT2D eigenvalue weighted by molar-refractivity contribution is 0.596. The topological polar surface area (TPSA) is 51.7 Å². The zero-order valence-electron chi connectivity index (χ0n) is 23.9. The van der Waals surface area contributed by atoms with E-state index in [2.05, 4.69) is 81.6 Å². The molecule has 3 N–H and O–H groups in total. The fraction of sp³-hybridized carbons (Fsp3) is 0.387. The van der Waals surface area contributed by atoms with E-state index < -0.39 is 0 Å². The first-order valence-electron chi connectivity index (χ1n) is 13.1. The van der Waals surface area contributed by atoms with E-state index in [0.29, 0.717) is 23.2 Å². The second kappa shape index (κ2) is 17.6. The molecule has 0 aromatic heterocycles. The fourth-order valence-electron chi connectivity index (χ4n) is 3.82. The third-order valence-corrected chi connectivity index (χ3v) is 6.20. The minimum Gasteiger partial charge on any atom is -0.385 e. The Labute approximate surface area is 240 Å². The first kappa shape index (κ1) is 33.1. The minimum atomic E-state index is 0.160. The Hall–Kier alpha value is -2.89. The van der Waals surface area contributed by atoms with Crippen molar-refractivity contribution in [3.05, 3.63) is 95.6 Å². The molecule has 0 aliphatic carbocycles. The van der Waals surface area contributed by atoms with E-state index >= 15 is 0 Å². The molecule has 0 saturated carbocycles. The van der Waals surface area contributed by atoms with Crippen molar-refractivity contribution in [2.24, 2.45) is 4.99 Å². The summed E-state index contributed by atoms with van der Waals surface area (Å²) in [6, 6.07) is 6.31. The number of nitrogens with one attached hydrogen (secondary N) is 3. The van der Waals surface area contributed by atoms with Crippen LogP contribution in [0.5, 0.6) is 0 Å². The van der Waals surface area contributed by atoms with Crippen LogP contribution in [0.2, 0.25) is 0 Å². The van der Waals surface area contributed by atoms with Gasteiger partial charge in [-0.2, -0.15) is 0 Å². The number of rotatable bonds is 16. The first-order chi connectivity index (χ1) is 18.1.